The van der Waals surface area contributed by atoms with Crippen LogP contribution in [0.3, 0.4) is 0 Å². The number of nitrogens with zero attached hydrogens (tertiary/aromatic N) is 3. The Kier molecular flexibility index (Phi) is 6.40. The minimum atomic E-state index is -3.74. The van der Waals surface area contributed by atoms with Crippen LogP contribution in [0.4, 0.5) is 29.0 Å². The maximum absolute atomic E-state index is 11.5. The molecular formula is C21H25N7O3S. The van der Waals surface area contributed by atoms with Gasteiger partial charge in [0.2, 0.25) is 16.0 Å². The molecule has 0 atom stereocenters. The molecule has 0 radical (unpaired) electrons. The Morgan fingerprint density at radius 3 is 2.22 bits per heavy atom. The number of anilines is 5. The molecule has 1 saturated heterocycles. The number of hydrogen-bond donors (Lipinski definition) is 4. The van der Waals surface area contributed by atoms with Crippen LogP contribution in [0.2, 0.25) is 0 Å². The zero-order valence-electron chi connectivity index (χ0n) is 17.6. The fourth-order valence-corrected chi connectivity index (χ4v) is 3.81. The number of hydrogen-bond acceptors (Lipinski definition) is 9. The lowest BCUT2D eigenvalue weighted by Gasteiger charge is -2.29. The number of nitrogens with one attached hydrogen (secondary N) is 3. The van der Waals surface area contributed by atoms with Gasteiger partial charge in [-0.1, -0.05) is 0 Å². The summed E-state index contributed by atoms with van der Waals surface area (Å²) in [7, 11) is -2.12. The summed E-state index contributed by atoms with van der Waals surface area (Å²) in [6.07, 6.45) is 0. The number of ether oxygens (including phenoxy) is 1. The van der Waals surface area contributed by atoms with Gasteiger partial charge in [-0.3, -0.25) is 0 Å². The number of primary sulfonamides is 1. The molecule has 11 heteroatoms. The predicted octanol–water partition coefficient (Wildman–Crippen LogP) is 2.03. The SMILES string of the molecule is COc1ccc(Nc2nc(Nc3ccc(S(N)(=O)=O)cc3)cc(N3CCNCC3)n2)cc1. The fraction of sp³-hybridized carbons (Fsp3) is 0.238. The van der Waals surface area contributed by atoms with E-state index in [0.29, 0.717) is 17.5 Å². The summed E-state index contributed by atoms with van der Waals surface area (Å²) in [5.74, 6) is 2.57. The van der Waals surface area contributed by atoms with Crippen LogP contribution in [0, 0.1) is 0 Å². The molecule has 3 aromatic rings. The molecule has 4 rings (SSSR count). The molecule has 2 heterocycles. The van der Waals surface area contributed by atoms with Crippen LogP contribution in [0.1, 0.15) is 0 Å². The average Bonchev–Trinajstić information content (AvgIpc) is 2.80. The molecule has 0 saturated carbocycles. The lowest BCUT2D eigenvalue weighted by atomic mass is 10.3. The van der Waals surface area contributed by atoms with Gasteiger partial charge in [0.1, 0.15) is 17.4 Å². The van der Waals surface area contributed by atoms with Crippen LogP contribution < -0.4 is 30.7 Å². The zero-order chi connectivity index (χ0) is 22.6. The standard InChI is InChI=1S/C21H25N7O3S/c1-31-17-6-2-16(3-7-17)25-21-26-19(14-20(27-21)28-12-10-23-11-13-28)24-15-4-8-18(9-5-15)32(22,29)30/h2-9,14,23H,10-13H2,1H3,(H2,22,29,30)(H2,24,25,26,27). The maximum atomic E-state index is 11.5. The number of nitrogens with two attached hydrogens (primary N) is 1. The molecule has 168 valence electrons. The topological polar surface area (TPSA) is 134 Å². The van der Waals surface area contributed by atoms with Crippen LogP contribution in [0.15, 0.2) is 59.5 Å². The number of sulfonamides is 1. The summed E-state index contributed by atoms with van der Waals surface area (Å²) in [5, 5.41) is 15.0. The second kappa shape index (κ2) is 9.39. The Balaban J connectivity index is 1.61. The Labute approximate surface area is 186 Å². The Hall–Kier alpha value is -3.41. The van der Waals surface area contributed by atoms with E-state index in [9.17, 15) is 8.42 Å². The second-order valence-electron chi connectivity index (χ2n) is 7.22. The van der Waals surface area contributed by atoms with Crippen molar-refractivity contribution in [3.8, 4) is 5.75 Å². The molecule has 1 aromatic heterocycles. The third-order valence-corrected chi connectivity index (χ3v) is 5.88. The second-order valence-corrected chi connectivity index (χ2v) is 8.78. The van der Waals surface area contributed by atoms with E-state index in [2.05, 4.69) is 25.8 Å². The highest BCUT2D eigenvalue weighted by Crippen LogP contribution is 2.25. The molecule has 1 fully saturated rings. The Morgan fingerprint density at radius 2 is 1.59 bits per heavy atom. The third kappa shape index (κ3) is 5.44. The molecular weight excluding hydrogens is 430 g/mol. The van der Waals surface area contributed by atoms with Crippen molar-refractivity contribution in [3.63, 3.8) is 0 Å². The van der Waals surface area contributed by atoms with Gasteiger partial charge in [-0.25, -0.2) is 13.6 Å². The van der Waals surface area contributed by atoms with Crippen LogP contribution >= 0.6 is 0 Å². The normalized spacial score (nSPS) is 14.1. The van der Waals surface area contributed by atoms with Gasteiger partial charge in [0, 0.05) is 43.6 Å². The monoisotopic (exact) mass is 455 g/mol. The summed E-state index contributed by atoms with van der Waals surface area (Å²) < 4.78 is 28.2. The van der Waals surface area contributed by atoms with E-state index < -0.39 is 10.0 Å². The van der Waals surface area contributed by atoms with Crippen LogP contribution in [0.5, 0.6) is 5.75 Å². The summed E-state index contributed by atoms with van der Waals surface area (Å²) in [6.45, 7) is 3.43. The minimum Gasteiger partial charge on any atom is -0.497 e. The summed E-state index contributed by atoms with van der Waals surface area (Å²) >= 11 is 0. The van der Waals surface area contributed by atoms with E-state index in [-0.39, 0.29) is 4.90 Å². The van der Waals surface area contributed by atoms with Crippen LogP contribution in [-0.2, 0) is 10.0 Å². The number of benzene rings is 2. The van der Waals surface area contributed by atoms with Crippen molar-refractivity contribution >= 4 is 39.0 Å². The molecule has 5 N–H and O–H groups in total. The van der Waals surface area contributed by atoms with Crippen molar-refractivity contribution < 1.29 is 13.2 Å². The van der Waals surface area contributed by atoms with Crippen molar-refractivity contribution in [2.45, 2.75) is 4.90 Å². The van der Waals surface area contributed by atoms with Gasteiger partial charge in [0.15, 0.2) is 0 Å². The molecule has 1 aliphatic rings. The molecule has 1 aliphatic heterocycles. The lowest BCUT2D eigenvalue weighted by molar-refractivity contribution is 0.415. The van der Waals surface area contributed by atoms with Gasteiger partial charge >= 0.3 is 0 Å². The highest BCUT2D eigenvalue weighted by atomic mass is 32.2. The summed E-state index contributed by atoms with van der Waals surface area (Å²) in [5.41, 5.74) is 1.50. The molecule has 0 unspecified atom stereocenters. The maximum Gasteiger partial charge on any atom is 0.238 e. The highest BCUT2D eigenvalue weighted by molar-refractivity contribution is 7.89. The zero-order valence-corrected chi connectivity index (χ0v) is 18.4. The van der Waals surface area contributed by atoms with Gasteiger partial charge in [0.25, 0.3) is 0 Å². The van der Waals surface area contributed by atoms with Gasteiger partial charge in [0.05, 0.1) is 12.0 Å². The van der Waals surface area contributed by atoms with Gasteiger partial charge < -0.3 is 25.6 Å². The van der Waals surface area contributed by atoms with Crippen molar-refractivity contribution in [1.29, 1.82) is 0 Å². The smallest absolute Gasteiger partial charge is 0.238 e. The Bertz CT molecular complexity index is 1160. The number of piperazine rings is 1. The van der Waals surface area contributed by atoms with E-state index in [0.717, 1.165) is 43.4 Å². The first-order valence-corrected chi connectivity index (χ1v) is 11.6. The van der Waals surface area contributed by atoms with Crippen LogP contribution in [0.25, 0.3) is 0 Å². The lowest BCUT2D eigenvalue weighted by Crippen LogP contribution is -2.44. The van der Waals surface area contributed by atoms with Crippen molar-refractivity contribution in [2.24, 2.45) is 5.14 Å². The third-order valence-electron chi connectivity index (χ3n) is 4.96. The van der Waals surface area contributed by atoms with E-state index in [1.165, 1.54) is 12.1 Å². The van der Waals surface area contributed by atoms with Gasteiger partial charge in [-0.2, -0.15) is 9.97 Å². The largest absolute Gasteiger partial charge is 0.497 e. The van der Waals surface area contributed by atoms with E-state index in [1.807, 2.05) is 30.3 Å². The van der Waals surface area contributed by atoms with Crippen LogP contribution in [-0.4, -0.2) is 51.7 Å². The fourth-order valence-electron chi connectivity index (χ4n) is 3.29. The Morgan fingerprint density at radius 1 is 0.969 bits per heavy atom. The average molecular weight is 456 g/mol. The summed E-state index contributed by atoms with van der Waals surface area (Å²) in [6, 6.07) is 15.5. The summed E-state index contributed by atoms with van der Waals surface area (Å²) in [4.78, 5) is 11.5. The first-order chi connectivity index (χ1) is 15.4. The molecule has 0 amide bonds. The number of aromatic nitrogens is 2. The van der Waals surface area contributed by atoms with Crippen molar-refractivity contribution in [2.75, 3.05) is 48.8 Å². The highest BCUT2D eigenvalue weighted by Gasteiger charge is 2.15. The van der Waals surface area contributed by atoms with Crippen molar-refractivity contribution in [1.82, 2.24) is 15.3 Å². The predicted molar refractivity (Wildman–Crippen MR) is 124 cm³/mol. The van der Waals surface area contributed by atoms with Crippen molar-refractivity contribution in [3.05, 3.63) is 54.6 Å². The number of rotatable bonds is 7. The van der Waals surface area contributed by atoms with E-state index in [4.69, 9.17) is 14.9 Å². The quantitative estimate of drug-likeness (QED) is 0.422. The van der Waals surface area contributed by atoms with E-state index in [1.54, 1.807) is 19.2 Å². The van der Waals surface area contributed by atoms with Gasteiger partial charge in [-0.05, 0) is 48.5 Å². The molecule has 0 bridgehead atoms. The molecule has 32 heavy (non-hydrogen) atoms. The van der Waals surface area contributed by atoms with Gasteiger partial charge in [-0.15, -0.1) is 0 Å². The molecule has 0 aliphatic carbocycles. The first kappa shape index (κ1) is 21.8. The number of methoxy groups -OCH3 is 1. The first-order valence-electron chi connectivity index (χ1n) is 10.1. The molecule has 0 spiro atoms. The minimum absolute atomic E-state index is 0.0501. The molecule has 2 aromatic carbocycles. The molecule has 10 nitrogen and oxygen atoms in total. The van der Waals surface area contributed by atoms with E-state index >= 15 is 0 Å².